The first-order chi connectivity index (χ1) is 6.20. The van der Waals surface area contributed by atoms with Crippen molar-refractivity contribution in [1.82, 2.24) is 0 Å². The van der Waals surface area contributed by atoms with Gasteiger partial charge in [-0.1, -0.05) is 18.2 Å². The van der Waals surface area contributed by atoms with E-state index >= 15 is 0 Å². The zero-order valence-corrected chi connectivity index (χ0v) is 8.16. The van der Waals surface area contributed by atoms with Gasteiger partial charge in [0.2, 0.25) is 0 Å². The van der Waals surface area contributed by atoms with Gasteiger partial charge in [0.15, 0.2) is 0 Å². The maximum atomic E-state index is 8.94. The van der Waals surface area contributed by atoms with Gasteiger partial charge < -0.3 is 4.74 Å². The Hall–Kier alpha value is -1.33. The third kappa shape index (κ3) is 1.88. The van der Waals surface area contributed by atoms with E-state index in [1.165, 1.54) is 0 Å². The number of aryl methyl sites for hydroxylation is 1. The van der Waals surface area contributed by atoms with Crippen molar-refractivity contribution in [3.8, 4) is 6.07 Å². The second kappa shape index (κ2) is 4.06. The van der Waals surface area contributed by atoms with Crippen molar-refractivity contribution < 1.29 is 4.74 Å². The van der Waals surface area contributed by atoms with E-state index in [0.717, 1.165) is 16.7 Å². The second-order valence-corrected chi connectivity index (χ2v) is 3.03. The second-order valence-electron chi connectivity index (χ2n) is 3.03. The van der Waals surface area contributed by atoms with Crippen molar-refractivity contribution >= 4 is 0 Å². The molecule has 68 valence electrons. The number of nitrogens with zero attached hydrogens (tertiary/aromatic N) is 1. The Balaban J connectivity index is 3.22. The quantitative estimate of drug-likeness (QED) is 0.692. The Bertz CT molecular complexity index is 338. The lowest BCUT2D eigenvalue weighted by Gasteiger charge is -2.12. The first-order valence-corrected chi connectivity index (χ1v) is 4.23. The molecule has 1 aromatic carbocycles. The van der Waals surface area contributed by atoms with Crippen LogP contribution in [0.4, 0.5) is 0 Å². The van der Waals surface area contributed by atoms with E-state index in [9.17, 15) is 0 Å². The van der Waals surface area contributed by atoms with Crippen LogP contribution in [0.5, 0.6) is 0 Å². The van der Waals surface area contributed by atoms with Crippen LogP contribution in [0.15, 0.2) is 18.2 Å². The Morgan fingerprint density at radius 3 is 2.69 bits per heavy atom. The molecule has 1 aromatic rings. The lowest BCUT2D eigenvalue weighted by Crippen LogP contribution is -2.00. The van der Waals surface area contributed by atoms with E-state index in [1.807, 2.05) is 32.0 Å². The maximum absolute atomic E-state index is 8.94. The van der Waals surface area contributed by atoms with Gasteiger partial charge in [0.1, 0.15) is 0 Å². The number of hydrogen-bond donors (Lipinski definition) is 0. The van der Waals surface area contributed by atoms with Crippen LogP contribution in [0.25, 0.3) is 0 Å². The fraction of sp³-hybridized carbons (Fsp3) is 0.364. The third-order valence-corrected chi connectivity index (χ3v) is 2.21. The minimum Gasteiger partial charge on any atom is -0.377 e. The molecule has 0 spiro atoms. The molecule has 2 heteroatoms. The van der Waals surface area contributed by atoms with Crippen molar-refractivity contribution in [2.45, 2.75) is 20.0 Å². The zero-order chi connectivity index (χ0) is 9.84. The molecule has 0 saturated carbocycles. The molecular formula is C11H13NO. The van der Waals surface area contributed by atoms with Crippen LogP contribution in [0.2, 0.25) is 0 Å². The summed E-state index contributed by atoms with van der Waals surface area (Å²) in [5.41, 5.74) is 2.70. The molecule has 0 bridgehead atoms. The Morgan fingerprint density at radius 1 is 1.46 bits per heavy atom. The molecule has 1 atom stereocenters. The van der Waals surface area contributed by atoms with Crippen LogP contribution in [0.1, 0.15) is 29.7 Å². The predicted molar refractivity (Wildman–Crippen MR) is 51.3 cm³/mol. The molecule has 0 aliphatic rings. The molecule has 0 aliphatic heterocycles. The van der Waals surface area contributed by atoms with Crippen LogP contribution in [0, 0.1) is 18.3 Å². The number of hydrogen-bond acceptors (Lipinski definition) is 2. The highest BCUT2D eigenvalue weighted by Gasteiger charge is 2.10. The van der Waals surface area contributed by atoms with Gasteiger partial charge in [-0.25, -0.2) is 0 Å². The molecule has 0 aliphatic carbocycles. The highest BCUT2D eigenvalue weighted by atomic mass is 16.5. The molecule has 0 heterocycles. The number of benzene rings is 1. The van der Waals surface area contributed by atoms with Gasteiger partial charge in [0, 0.05) is 7.11 Å². The largest absolute Gasteiger partial charge is 0.377 e. The summed E-state index contributed by atoms with van der Waals surface area (Å²) in [5.74, 6) is 0. The Morgan fingerprint density at radius 2 is 2.15 bits per heavy atom. The van der Waals surface area contributed by atoms with E-state index in [1.54, 1.807) is 7.11 Å². The minimum absolute atomic E-state index is 0.0189. The summed E-state index contributed by atoms with van der Waals surface area (Å²) >= 11 is 0. The highest BCUT2D eigenvalue weighted by molar-refractivity contribution is 5.44. The summed E-state index contributed by atoms with van der Waals surface area (Å²) in [5, 5.41) is 8.94. The predicted octanol–water partition coefficient (Wildman–Crippen LogP) is 2.57. The summed E-state index contributed by atoms with van der Waals surface area (Å²) < 4.78 is 5.18. The molecule has 0 aromatic heterocycles. The third-order valence-electron chi connectivity index (χ3n) is 2.21. The first-order valence-electron chi connectivity index (χ1n) is 4.23. The van der Waals surface area contributed by atoms with Crippen molar-refractivity contribution in [3.05, 3.63) is 34.9 Å². The summed E-state index contributed by atoms with van der Waals surface area (Å²) in [6, 6.07) is 8.01. The summed E-state index contributed by atoms with van der Waals surface area (Å²) in [6.45, 7) is 3.88. The average Bonchev–Trinajstić information content (AvgIpc) is 2.16. The van der Waals surface area contributed by atoms with E-state index in [2.05, 4.69) is 6.07 Å². The van der Waals surface area contributed by atoms with Crippen molar-refractivity contribution in [3.63, 3.8) is 0 Å². The monoisotopic (exact) mass is 175 g/mol. The molecule has 0 saturated heterocycles. The highest BCUT2D eigenvalue weighted by Crippen LogP contribution is 2.22. The molecule has 0 fully saturated rings. The average molecular weight is 175 g/mol. The van der Waals surface area contributed by atoms with Gasteiger partial charge >= 0.3 is 0 Å². The Kier molecular flexibility index (Phi) is 3.05. The van der Waals surface area contributed by atoms with Crippen molar-refractivity contribution in [1.29, 1.82) is 5.26 Å². The SMILES string of the molecule is COC(C)c1cccc(C)c1C#N. The molecule has 1 unspecified atom stereocenters. The lowest BCUT2D eigenvalue weighted by atomic mass is 10.00. The van der Waals surface area contributed by atoms with Crippen LogP contribution >= 0.6 is 0 Å². The van der Waals surface area contributed by atoms with E-state index < -0.39 is 0 Å². The van der Waals surface area contributed by atoms with Gasteiger partial charge in [-0.05, 0) is 25.0 Å². The normalized spacial score (nSPS) is 12.2. The van der Waals surface area contributed by atoms with Gasteiger partial charge in [-0.15, -0.1) is 0 Å². The van der Waals surface area contributed by atoms with E-state index in [-0.39, 0.29) is 6.10 Å². The summed E-state index contributed by atoms with van der Waals surface area (Å²) in [6.07, 6.45) is -0.0189. The molecule has 0 radical (unpaired) electrons. The molecule has 1 rings (SSSR count). The number of ether oxygens (including phenoxy) is 1. The summed E-state index contributed by atoms with van der Waals surface area (Å²) in [4.78, 5) is 0. The van der Waals surface area contributed by atoms with Crippen LogP contribution in [-0.2, 0) is 4.74 Å². The van der Waals surface area contributed by atoms with Crippen LogP contribution in [0.3, 0.4) is 0 Å². The van der Waals surface area contributed by atoms with E-state index in [4.69, 9.17) is 10.00 Å². The fourth-order valence-corrected chi connectivity index (χ4v) is 1.31. The zero-order valence-electron chi connectivity index (χ0n) is 8.16. The summed E-state index contributed by atoms with van der Waals surface area (Å²) in [7, 11) is 1.65. The molecule has 2 nitrogen and oxygen atoms in total. The standard InChI is InChI=1S/C11H13NO/c1-8-5-4-6-10(9(2)13-3)11(8)7-12/h4-6,9H,1-3H3. The molecule has 0 N–H and O–H groups in total. The lowest BCUT2D eigenvalue weighted by molar-refractivity contribution is 0.119. The number of methoxy groups -OCH3 is 1. The van der Waals surface area contributed by atoms with Crippen LogP contribution < -0.4 is 0 Å². The molecular weight excluding hydrogens is 162 g/mol. The minimum atomic E-state index is -0.0189. The fourth-order valence-electron chi connectivity index (χ4n) is 1.31. The first kappa shape index (κ1) is 9.76. The van der Waals surface area contributed by atoms with Crippen molar-refractivity contribution in [2.75, 3.05) is 7.11 Å². The van der Waals surface area contributed by atoms with Crippen LogP contribution in [-0.4, -0.2) is 7.11 Å². The van der Waals surface area contributed by atoms with Gasteiger partial charge in [-0.2, -0.15) is 5.26 Å². The topological polar surface area (TPSA) is 33.0 Å². The smallest absolute Gasteiger partial charge is 0.0998 e. The van der Waals surface area contributed by atoms with Gasteiger partial charge in [0.05, 0.1) is 17.7 Å². The van der Waals surface area contributed by atoms with E-state index in [0.29, 0.717) is 0 Å². The van der Waals surface area contributed by atoms with Crippen molar-refractivity contribution in [2.24, 2.45) is 0 Å². The van der Waals surface area contributed by atoms with Gasteiger partial charge in [-0.3, -0.25) is 0 Å². The van der Waals surface area contributed by atoms with Gasteiger partial charge in [0.25, 0.3) is 0 Å². The number of rotatable bonds is 2. The Labute approximate surface area is 78.8 Å². The molecule has 0 amide bonds. The number of nitriles is 1. The molecule has 13 heavy (non-hydrogen) atoms. The maximum Gasteiger partial charge on any atom is 0.0998 e.